The maximum absolute atomic E-state index is 14.0. The van der Waals surface area contributed by atoms with Crippen LogP contribution >= 0.6 is 0 Å². The molecule has 1 unspecified atom stereocenters. The molecule has 1 aromatic rings. The summed E-state index contributed by atoms with van der Waals surface area (Å²) in [7, 11) is 0. The topological polar surface area (TPSA) is 38.5 Å². The summed E-state index contributed by atoms with van der Waals surface area (Å²) in [4.78, 5) is 2.18. The molecule has 2 N–H and O–H groups in total. The summed E-state index contributed by atoms with van der Waals surface area (Å²) >= 11 is 0. The molecule has 0 amide bonds. The largest absolute Gasteiger partial charge is 0.369 e. The molecule has 1 aliphatic heterocycles. The third-order valence-corrected chi connectivity index (χ3v) is 3.40. The van der Waals surface area contributed by atoms with E-state index in [4.69, 9.17) is 10.5 Å². The van der Waals surface area contributed by atoms with Crippen LogP contribution in [0.2, 0.25) is 0 Å². The second-order valence-electron chi connectivity index (χ2n) is 6.03. The third kappa shape index (κ3) is 3.07. The second kappa shape index (κ2) is 5.10. The number of nitrogens with two attached hydrogens (primary N) is 1. The lowest BCUT2D eigenvalue weighted by molar-refractivity contribution is -0.0750. The van der Waals surface area contributed by atoms with Gasteiger partial charge >= 0.3 is 0 Å². The number of rotatable bonds is 2. The van der Waals surface area contributed by atoms with Gasteiger partial charge in [-0.25, -0.2) is 4.39 Å². The van der Waals surface area contributed by atoms with Crippen LogP contribution in [-0.4, -0.2) is 24.8 Å². The molecule has 0 aromatic heterocycles. The monoisotopic (exact) mass is 266 g/mol. The SMILES string of the molecule is CC1CN(c2cccc(F)c2[C@H](C)N)CC(C)(C)O1. The molecule has 0 saturated carbocycles. The molecular formula is C15H23FN2O. The Morgan fingerprint density at radius 3 is 2.74 bits per heavy atom. The molecule has 4 heteroatoms. The Hall–Kier alpha value is -1.13. The van der Waals surface area contributed by atoms with Crippen LogP contribution in [-0.2, 0) is 4.74 Å². The minimum absolute atomic E-state index is 0.118. The van der Waals surface area contributed by atoms with E-state index in [-0.39, 0.29) is 23.6 Å². The Labute approximate surface area is 114 Å². The number of hydrogen-bond acceptors (Lipinski definition) is 3. The molecule has 0 radical (unpaired) electrons. The van der Waals surface area contributed by atoms with Gasteiger partial charge in [0.05, 0.1) is 11.7 Å². The average molecular weight is 266 g/mol. The quantitative estimate of drug-likeness (QED) is 0.894. The van der Waals surface area contributed by atoms with Crippen molar-refractivity contribution in [2.45, 2.75) is 45.4 Å². The maximum atomic E-state index is 14.0. The van der Waals surface area contributed by atoms with Crippen LogP contribution in [0.4, 0.5) is 10.1 Å². The highest BCUT2D eigenvalue weighted by atomic mass is 19.1. The number of nitrogens with zero attached hydrogens (tertiary/aromatic N) is 1. The Morgan fingerprint density at radius 2 is 2.16 bits per heavy atom. The first-order valence-corrected chi connectivity index (χ1v) is 6.77. The van der Waals surface area contributed by atoms with E-state index in [1.807, 2.05) is 19.9 Å². The number of anilines is 1. The summed E-state index contributed by atoms with van der Waals surface area (Å²) < 4.78 is 19.9. The summed E-state index contributed by atoms with van der Waals surface area (Å²) in [6, 6.07) is 4.83. The Balaban J connectivity index is 2.39. The number of hydrogen-bond donors (Lipinski definition) is 1. The molecule has 19 heavy (non-hydrogen) atoms. The normalized spacial score (nSPS) is 24.3. The lowest BCUT2D eigenvalue weighted by Crippen LogP contribution is -2.52. The molecule has 1 aromatic carbocycles. The van der Waals surface area contributed by atoms with Crippen molar-refractivity contribution in [2.75, 3.05) is 18.0 Å². The fraction of sp³-hybridized carbons (Fsp3) is 0.600. The van der Waals surface area contributed by atoms with Crippen molar-refractivity contribution in [3.05, 3.63) is 29.6 Å². The first-order chi connectivity index (χ1) is 8.80. The van der Waals surface area contributed by atoms with Crippen LogP contribution in [0.25, 0.3) is 0 Å². The van der Waals surface area contributed by atoms with E-state index in [0.29, 0.717) is 5.56 Å². The van der Waals surface area contributed by atoms with E-state index < -0.39 is 0 Å². The zero-order chi connectivity index (χ0) is 14.2. The van der Waals surface area contributed by atoms with E-state index in [0.717, 1.165) is 18.8 Å². The van der Waals surface area contributed by atoms with Crippen LogP contribution in [0.5, 0.6) is 0 Å². The van der Waals surface area contributed by atoms with Crippen molar-refractivity contribution in [3.8, 4) is 0 Å². The van der Waals surface area contributed by atoms with Crippen molar-refractivity contribution in [1.29, 1.82) is 0 Å². The van der Waals surface area contributed by atoms with Crippen LogP contribution in [0.3, 0.4) is 0 Å². The first-order valence-electron chi connectivity index (χ1n) is 6.77. The minimum Gasteiger partial charge on any atom is -0.369 e. The number of ether oxygens (including phenoxy) is 1. The van der Waals surface area contributed by atoms with Gasteiger partial charge in [0.15, 0.2) is 0 Å². The van der Waals surface area contributed by atoms with Crippen LogP contribution in [0.1, 0.15) is 39.3 Å². The van der Waals surface area contributed by atoms with Gasteiger partial charge in [-0.3, -0.25) is 0 Å². The molecule has 1 heterocycles. The van der Waals surface area contributed by atoms with Gasteiger partial charge in [-0.15, -0.1) is 0 Å². The van der Waals surface area contributed by atoms with E-state index in [2.05, 4.69) is 18.7 Å². The number of halogens is 1. The van der Waals surface area contributed by atoms with Gasteiger partial charge in [0.25, 0.3) is 0 Å². The van der Waals surface area contributed by atoms with E-state index >= 15 is 0 Å². The van der Waals surface area contributed by atoms with E-state index in [1.54, 1.807) is 6.07 Å². The van der Waals surface area contributed by atoms with Crippen LogP contribution in [0.15, 0.2) is 18.2 Å². The smallest absolute Gasteiger partial charge is 0.130 e. The molecule has 2 rings (SSSR count). The van der Waals surface area contributed by atoms with Gasteiger partial charge in [0.1, 0.15) is 5.82 Å². The summed E-state index contributed by atoms with van der Waals surface area (Å²) in [6.07, 6.45) is 0.118. The van der Waals surface area contributed by atoms with Gasteiger partial charge in [-0.2, -0.15) is 0 Å². The molecule has 1 saturated heterocycles. The van der Waals surface area contributed by atoms with Crippen molar-refractivity contribution in [3.63, 3.8) is 0 Å². The Kier molecular flexibility index (Phi) is 3.83. The molecule has 106 valence electrons. The predicted octanol–water partition coefficient (Wildman–Crippen LogP) is 2.85. The minimum atomic E-state index is -0.322. The van der Waals surface area contributed by atoms with Crippen molar-refractivity contribution < 1.29 is 9.13 Å². The molecule has 1 fully saturated rings. The lowest BCUT2D eigenvalue weighted by atomic mass is 10.0. The molecule has 0 spiro atoms. The lowest BCUT2D eigenvalue weighted by Gasteiger charge is -2.43. The average Bonchev–Trinajstić information content (AvgIpc) is 2.25. The predicted molar refractivity (Wildman–Crippen MR) is 75.8 cm³/mol. The zero-order valence-electron chi connectivity index (χ0n) is 12.1. The van der Waals surface area contributed by atoms with E-state index in [9.17, 15) is 4.39 Å². The highest BCUT2D eigenvalue weighted by Gasteiger charge is 2.32. The van der Waals surface area contributed by atoms with Crippen LogP contribution in [0, 0.1) is 5.82 Å². The zero-order valence-corrected chi connectivity index (χ0v) is 12.1. The summed E-state index contributed by atoms with van der Waals surface area (Å²) in [5, 5.41) is 0. The summed E-state index contributed by atoms with van der Waals surface area (Å²) in [5.74, 6) is -0.232. The molecule has 3 nitrogen and oxygen atoms in total. The van der Waals surface area contributed by atoms with Gasteiger partial charge < -0.3 is 15.4 Å². The maximum Gasteiger partial charge on any atom is 0.130 e. The molecule has 0 aliphatic carbocycles. The fourth-order valence-corrected chi connectivity index (χ4v) is 2.89. The standard InChI is InChI=1S/C15H23FN2O/c1-10-8-18(9-15(3,4)19-10)13-7-5-6-12(16)14(13)11(2)17/h5-7,10-11H,8-9,17H2,1-4H3/t10?,11-/m0/s1. The van der Waals surface area contributed by atoms with Gasteiger partial charge in [-0.05, 0) is 39.8 Å². The first kappa shape index (κ1) is 14.3. The molecule has 2 atom stereocenters. The van der Waals surface area contributed by atoms with E-state index in [1.165, 1.54) is 6.07 Å². The Bertz CT molecular complexity index is 459. The van der Waals surface area contributed by atoms with Crippen LogP contribution < -0.4 is 10.6 Å². The second-order valence-corrected chi connectivity index (χ2v) is 6.03. The Morgan fingerprint density at radius 1 is 1.47 bits per heavy atom. The summed E-state index contributed by atoms with van der Waals surface area (Å²) in [5.41, 5.74) is 7.17. The molecule has 1 aliphatic rings. The van der Waals surface area contributed by atoms with Crippen molar-refractivity contribution in [2.24, 2.45) is 5.73 Å². The van der Waals surface area contributed by atoms with Gasteiger partial charge in [0, 0.05) is 30.4 Å². The summed E-state index contributed by atoms with van der Waals surface area (Å²) in [6.45, 7) is 9.46. The highest BCUT2D eigenvalue weighted by molar-refractivity contribution is 5.56. The van der Waals surface area contributed by atoms with Crippen molar-refractivity contribution in [1.82, 2.24) is 0 Å². The third-order valence-electron chi connectivity index (χ3n) is 3.40. The fourth-order valence-electron chi connectivity index (χ4n) is 2.89. The highest BCUT2D eigenvalue weighted by Crippen LogP contribution is 2.32. The molecular weight excluding hydrogens is 243 g/mol. The molecule has 0 bridgehead atoms. The van der Waals surface area contributed by atoms with Crippen molar-refractivity contribution >= 4 is 5.69 Å². The van der Waals surface area contributed by atoms with Gasteiger partial charge in [0.2, 0.25) is 0 Å². The number of benzene rings is 1. The van der Waals surface area contributed by atoms with Gasteiger partial charge in [-0.1, -0.05) is 6.07 Å². The number of morpholine rings is 1.